The summed E-state index contributed by atoms with van der Waals surface area (Å²) in [4.78, 5) is 33.5. The topological polar surface area (TPSA) is 153 Å². The molecule has 6 unspecified atom stereocenters. The van der Waals surface area contributed by atoms with E-state index >= 15 is 0 Å². The van der Waals surface area contributed by atoms with E-state index in [0.717, 1.165) is 55.2 Å². The molecule has 0 aromatic heterocycles. The molecule has 2 fully saturated rings. The Balaban J connectivity index is 1.44. The van der Waals surface area contributed by atoms with Gasteiger partial charge >= 0.3 is 0 Å². The second kappa shape index (κ2) is 18.9. The molecular weight excluding hydrogens is 758 g/mol. The molecule has 0 spiro atoms. The van der Waals surface area contributed by atoms with Crippen LogP contribution in [-0.2, 0) is 20.9 Å². The monoisotopic (exact) mass is 811 g/mol. The number of unbranched alkanes of at least 4 members (excludes halogenated alkanes) is 2. The molecule has 12 nitrogen and oxygen atoms in total. The van der Waals surface area contributed by atoms with E-state index in [4.69, 9.17) is 24.2 Å². The molecule has 0 bridgehead atoms. The molecule has 3 aliphatic carbocycles. The fraction of sp³-hybridized carbons (Fsp3) is 0.478. The number of allylic oxidation sites excluding steroid dienone is 1. The van der Waals surface area contributed by atoms with E-state index in [1.54, 1.807) is 36.4 Å². The summed E-state index contributed by atoms with van der Waals surface area (Å²) in [6.07, 6.45) is 10.1. The van der Waals surface area contributed by atoms with Gasteiger partial charge in [0, 0.05) is 49.6 Å². The lowest BCUT2D eigenvalue weighted by Crippen LogP contribution is -2.70. The number of nitro groups is 1. The molecule has 1 heterocycles. The summed E-state index contributed by atoms with van der Waals surface area (Å²) in [5.41, 5.74) is 3.12. The van der Waals surface area contributed by atoms with Crippen molar-refractivity contribution in [3.05, 3.63) is 118 Å². The van der Waals surface area contributed by atoms with Gasteiger partial charge in [0.1, 0.15) is 35.7 Å². The zero-order chi connectivity index (χ0) is 41.5. The minimum atomic E-state index is -1.44. The van der Waals surface area contributed by atoms with E-state index in [9.17, 15) is 29.5 Å². The molecule has 1 aliphatic heterocycles. The van der Waals surface area contributed by atoms with E-state index < -0.39 is 22.7 Å². The predicted molar refractivity (Wildman–Crippen MR) is 219 cm³/mol. The van der Waals surface area contributed by atoms with Gasteiger partial charge in [0.25, 0.3) is 5.69 Å². The van der Waals surface area contributed by atoms with Gasteiger partial charge in [-0.1, -0.05) is 48.3 Å². The molecule has 0 saturated heterocycles. The Morgan fingerprint density at radius 1 is 1.05 bits per heavy atom. The first-order chi connectivity index (χ1) is 28.7. The first-order valence-electron chi connectivity index (χ1n) is 20.9. The lowest BCUT2D eigenvalue weighted by Gasteiger charge is -2.60. The molecule has 2 saturated carbocycles. The standard InChI is InChI=1S/C46H54FN3O9/c1-3-24-56-46-42(49(45(53)31-16-17-31)29-30-14-18-33(47)19-15-30)28-40(48-57-4-2)38-25-32(10-5-7-22-51)37(13-6-8-23-52)43(44(38)46)39-27-36(20-21-41(39)59-46)58-35-12-9-11-34(26-35)50(54)55/h3,9,11-12,14-15,18-21,25-27,31-32,37,42-44,51-52H,1,4-8,10,13,16-17,22-24,28-29H2,2H3. The van der Waals surface area contributed by atoms with Crippen LogP contribution < -0.4 is 9.47 Å². The number of fused-ring (bicyclic) bond motifs is 2. The molecule has 2 N–H and O–H groups in total. The average Bonchev–Trinajstić information content (AvgIpc) is 4.09. The molecule has 59 heavy (non-hydrogen) atoms. The molecular formula is C46H54FN3O9. The van der Waals surface area contributed by atoms with Crippen molar-refractivity contribution in [2.24, 2.45) is 28.8 Å². The van der Waals surface area contributed by atoms with Crippen LogP contribution in [0.2, 0.25) is 0 Å². The summed E-state index contributed by atoms with van der Waals surface area (Å²) >= 11 is 0. The van der Waals surface area contributed by atoms with Crippen molar-refractivity contribution in [2.75, 3.05) is 26.4 Å². The van der Waals surface area contributed by atoms with Crippen LogP contribution in [0.15, 0.2) is 96.2 Å². The molecule has 1 amide bonds. The highest BCUT2D eigenvalue weighted by Crippen LogP contribution is 2.62. The van der Waals surface area contributed by atoms with Gasteiger partial charge in [-0.05, 0) is 105 Å². The van der Waals surface area contributed by atoms with Crippen molar-refractivity contribution >= 4 is 17.3 Å². The number of non-ortho nitro benzene ring substituents is 1. The highest BCUT2D eigenvalue weighted by atomic mass is 19.1. The molecule has 6 atom stereocenters. The lowest BCUT2D eigenvalue weighted by atomic mass is 9.55. The molecule has 3 aromatic rings. The van der Waals surface area contributed by atoms with Crippen molar-refractivity contribution < 1.29 is 43.4 Å². The summed E-state index contributed by atoms with van der Waals surface area (Å²) in [6.45, 7) is 6.64. The Kier molecular flexibility index (Phi) is 13.4. The normalized spacial score (nSPS) is 24.9. The number of oxime groups is 1. The van der Waals surface area contributed by atoms with E-state index in [0.29, 0.717) is 42.4 Å². The number of amides is 1. The van der Waals surface area contributed by atoms with Gasteiger partial charge in [-0.3, -0.25) is 14.9 Å². The van der Waals surface area contributed by atoms with Gasteiger partial charge in [-0.25, -0.2) is 4.39 Å². The smallest absolute Gasteiger partial charge is 0.273 e. The highest BCUT2D eigenvalue weighted by Gasteiger charge is 2.66. The number of benzene rings is 3. The Morgan fingerprint density at radius 2 is 1.80 bits per heavy atom. The largest absolute Gasteiger partial charge is 0.459 e. The molecule has 4 aliphatic rings. The van der Waals surface area contributed by atoms with Gasteiger partial charge < -0.3 is 34.2 Å². The third kappa shape index (κ3) is 9.07. The van der Waals surface area contributed by atoms with Crippen molar-refractivity contribution in [1.82, 2.24) is 4.90 Å². The van der Waals surface area contributed by atoms with Gasteiger partial charge in [-0.15, -0.1) is 6.58 Å². The summed E-state index contributed by atoms with van der Waals surface area (Å²) < 4.78 is 34.8. The van der Waals surface area contributed by atoms with Gasteiger partial charge in [0.05, 0.1) is 29.2 Å². The fourth-order valence-corrected chi connectivity index (χ4v) is 9.34. The maximum absolute atomic E-state index is 14.6. The lowest BCUT2D eigenvalue weighted by molar-refractivity contribution is -0.384. The van der Waals surface area contributed by atoms with Crippen LogP contribution in [0.4, 0.5) is 10.1 Å². The summed E-state index contributed by atoms with van der Waals surface area (Å²) in [5, 5.41) is 36.1. The third-order valence-electron chi connectivity index (χ3n) is 12.1. The second-order valence-corrected chi connectivity index (χ2v) is 15.9. The number of hydrogen-bond acceptors (Lipinski definition) is 10. The Labute approximate surface area is 344 Å². The zero-order valence-electron chi connectivity index (χ0n) is 33.5. The number of carbonyl (C=O) groups excluding carboxylic acids is 1. The molecule has 0 radical (unpaired) electrons. The van der Waals surface area contributed by atoms with Crippen molar-refractivity contribution in [2.45, 2.75) is 89.0 Å². The van der Waals surface area contributed by atoms with Gasteiger partial charge in [0.2, 0.25) is 11.7 Å². The number of halogens is 1. The Hall–Kier alpha value is -5.11. The minimum absolute atomic E-state index is 0.00631. The molecule has 7 rings (SSSR count). The molecule has 314 valence electrons. The fourth-order valence-electron chi connectivity index (χ4n) is 9.34. The number of rotatable bonds is 20. The quantitative estimate of drug-likeness (QED) is 0.0494. The van der Waals surface area contributed by atoms with Crippen LogP contribution in [0.5, 0.6) is 17.2 Å². The molecule has 13 heteroatoms. The van der Waals surface area contributed by atoms with E-state index in [1.807, 2.05) is 24.0 Å². The summed E-state index contributed by atoms with van der Waals surface area (Å²) in [6, 6.07) is 17.1. The van der Waals surface area contributed by atoms with Gasteiger partial charge in [-0.2, -0.15) is 0 Å². The maximum Gasteiger partial charge on any atom is 0.273 e. The van der Waals surface area contributed by atoms with Crippen LogP contribution >= 0.6 is 0 Å². The number of ether oxygens (including phenoxy) is 3. The number of carbonyl (C=O) groups is 1. The predicted octanol–water partition coefficient (Wildman–Crippen LogP) is 8.62. The minimum Gasteiger partial charge on any atom is -0.459 e. The van der Waals surface area contributed by atoms with Crippen LogP contribution in [0.3, 0.4) is 0 Å². The number of nitro benzene ring substituents is 1. The number of aliphatic hydroxyl groups is 2. The first-order valence-corrected chi connectivity index (χ1v) is 20.9. The highest BCUT2D eigenvalue weighted by molar-refractivity contribution is 6.03. The van der Waals surface area contributed by atoms with Crippen LogP contribution in [0.25, 0.3) is 0 Å². The van der Waals surface area contributed by atoms with Gasteiger partial charge in [0.15, 0.2) is 0 Å². The van der Waals surface area contributed by atoms with Crippen molar-refractivity contribution in [3.63, 3.8) is 0 Å². The number of nitrogens with zero attached hydrogens (tertiary/aromatic N) is 3. The number of hydrogen-bond donors (Lipinski definition) is 2. The Bertz CT molecular complexity index is 2040. The van der Waals surface area contributed by atoms with Crippen molar-refractivity contribution in [3.8, 4) is 17.2 Å². The molecule has 3 aromatic carbocycles. The maximum atomic E-state index is 14.6. The van der Waals surface area contributed by atoms with E-state index in [-0.39, 0.29) is 73.9 Å². The second-order valence-electron chi connectivity index (χ2n) is 15.9. The van der Waals surface area contributed by atoms with Crippen LogP contribution in [0.1, 0.15) is 81.8 Å². The Morgan fingerprint density at radius 3 is 2.49 bits per heavy atom. The first kappa shape index (κ1) is 42.0. The third-order valence-corrected chi connectivity index (χ3v) is 12.1. The summed E-state index contributed by atoms with van der Waals surface area (Å²) in [5.74, 6) is -1.45. The summed E-state index contributed by atoms with van der Waals surface area (Å²) in [7, 11) is 0. The van der Waals surface area contributed by atoms with Crippen LogP contribution in [0, 0.1) is 39.6 Å². The van der Waals surface area contributed by atoms with Crippen molar-refractivity contribution in [1.29, 1.82) is 0 Å². The van der Waals surface area contributed by atoms with E-state index in [1.165, 1.54) is 24.3 Å². The number of aliphatic hydroxyl groups excluding tert-OH is 2. The average molecular weight is 812 g/mol. The van der Waals surface area contributed by atoms with E-state index in [2.05, 4.69) is 12.7 Å². The zero-order valence-corrected chi connectivity index (χ0v) is 33.5. The SMILES string of the molecule is C=CCOC12Oc3ccc(Oc4cccc([N+](=O)[O-])c4)cc3C3C(CCCCO)C(CCCCO)C=C(C(=NOCC)CC1N(Cc1ccc(F)cc1)C(=O)C1CC1)C32. The van der Waals surface area contributed by atoms with Crippen LogP contribution in [-0.4, -0.2) is 69.9 Å².